The highest BCUT2D eigenvalue weighted by Gasteiger charge is 2.34. The fourth-order valence-electron chi connectivity index (χ4n) is 2.80. The largest absolute Gasteiger partial charge is 0.304 e. The minimum atomic E-state index is -0.0195. The molecule has 2 aromatic rings. The number of carbonyl (C=O) groups excluding carboxylic acids is 1. The third-order valence-corrected chi connectivity index (χ3v) is 3.71. The van der Waals surface area contributed by atoms with Gasteiger partial charge < -0.3 is 5.32 Å². The Kier molecular flexibility index (Phi) is 3.72. The standard InChI is InChI=1S/C19H19NO/c1-13(2)20-18-15-10-6-7-11-16(15)19(21)17(18)12-14-8-4-3-5-9-14/h3-13,18,20H,1-2H3. The lowest BCUT2D eigenvalue weighted by molar-refractivity contribution is 0.103. The zero-order chi connectivity index (χ0) is 14.8. The SMILES string of the molecule is CC(C)NC1C(=Cc2ccccc2)C(=O)c2ccccc21. The Hall–Kier alpha value is -2.19. The first-order valence-corrected chi connectivity index (χ1v) is 7.33. The van der Waals surface area contributed by atoms with Gasteiger partial charge in [-0.3, -0.25) is 4.79 Å². The van der Waals surface area contributed by atoms with Gasteiger partial charge in [-0.15, -0.1) is 0 Å². The highest BCUT2D eigenvalue weighted by Crippen LogP contribution is 2.36. The van der Waals surface area contributed by atoms with E-state index in [1.807, 2.05) is 60.7 Å². The highest BCUT2D eigenvalue weighted by atomic mass is 16.1. The summed E-state index contributed by atoms with van der Waals surface area (Å²) in [6.45, 7) is 4.21. The molecule has 0 saturated heterocycles. The van der Waals surface area contributed by atoms with Crippen molar-refractivity contribution < 1.29 is 4.79 Å². The Balaban J connectivity index is 2.07. The Bertz CT molecular complexity index is 686. The van der Waals surface area contributed by atoms with E-state index >= 15 is 0 Å². The highest BCUT2D eigenvalue weighted by molar-refractivity contribution is 6.16. The second-order valence-electron chi connectivity index (χ2n) is 5.68. The smallest absolute Gasteiger partial charge is 0.191 e. The molecule has 106 valence electrons. The molecule has 3 rings (SSSR count). The minimum absolute atomic E-state index is 0.0195. The van der Waals surface area contributed by atoms with Crippen molar-refractivity contribution in [3.8, 4) is 0 Å². The van der Waals surface area contributed by atoms with Gasteiger partial charge in [0.25, 0.3) is 0 Å². The summed E-state index contributed by atoms with van der Waals surface area (Å²) in [5.41, 5.74) is 3.79. The molecule has 2 heteroatoms. The van der Waals surface area contributed by atoms with Crippen molar-refractivity contribution in [2.45, 2.75) is 25.9 Å². The Morgan fingerprint density at radius 3 is 2.38 bits per heavy atom. The van der Waals surface area contributed by atoms with Crippen molar-refractivity contribution in [1.82, 2.24) is 5.32 Å². The van der Waals surface area contributed by atoms with Crippen molar-refractivity contribution in [2.75, 3.05) is 0 Å². The summed E-state index contributed by atoms with van der Waals surface area (Å²) in [5, 5.41) is 3.51. The Morgan fingerprint density at radius 1 is 1.00 bits per heavy atom. The van der Waals surface area contributed by atoms with Gasteiger partial charge in [0.1, 0.15) is 0 Å². The predicted octanol–water partition coefficient (Wildman–Crippen LogP) is 4.01. The van der Waals surface area contributed by atoms with Crippen LogP contribution in [0, 0.1) is 0 Å². The van der Waals surface area contributed by atoms with Crippen molar-refractivity contribution in [3.63, 3.8) is 0 Å². The summed E-state index contributed by atoms with van der Waals surface area (Å²) < 4.78 is 0. The molecule has 2 nitrogen and oxygen atoms in total. The van der Waals surface area contributed by atoms with Crippen molar-refractivity contribution >= 4 is 11.9 Å². The topological polar surface area (TPSA) is 29.1 Å². The lowest BCUT2D eigenvalue weighted by atomic mass is 10.0. The molecule has 1 atom stereocenters. The number of ketones is 1. The maximum atomic E-state index is 12.7. The van der Waals surface area contributed by atoms with Crippen molar-refractivity contribution in [2.24, 2.45) is 0 Å². The zero-order valence-electron chi connectivity index (χ0n) is 12.3. The molecule has 1 aliphatic rings. The van der Waals surface area contributed by atoms with Gasteiger partial charge in [-0.1, -0.05) is 54.6 Å². The third kappa shape index (κ3) is 2.67. The third-order valence-electron chi connectivity index (χ3n) is 3.71. The van der Waals surface area contributed by atoms with E-state index in [9.17, 15) is 4.79 Å². The quantitative estimate of drug-likeness (QED) is 0.859. The molecule has 21 heavy (non-hydrogen) atoms. The van der Waals surface area contributed by atoms with Crippen LogP contribution in [-0.4, -0.2) is 11.8 Å². The van der Waals surface area contributed by atoms with Crippen LogP contribution < -0.4 is 5.32 Å². The normalized spacial score (nSPS) is 19.3. The van der Waals surface area contributed by atoms with Crippen LogP contribution in [0.1, 0.15) is 41.4 Å². The molecule has 1 aliphatic carbocycles. The molecule has 2 aromatic carbocycles. The van der Waals surface area contributed by atoms with E-state index in [4.69, 9.17) is 0 Å². The average Bonchev–Trinajstić information content (AvgIpc) is 2.74. The average molecular weight is 277 g/mol. The van der Waals surface area contributed by atoms with E-state index in [0.717, 1.165) is 22.3 Å². The van der Waals surface area contributed by atoms with Gasteiger partial charge in [-0.2, -0.15) is 0 Å². The van der Waals surface area contributed by atoms with Crippen LogP contribution in [0.25, 0.3) is 6.08 Å². The van der Waals surface area contributed by atoms with Crippen molar-refractivity contribution in [3.05, 3.63) is 76.9 Å². The second kappa shape index (κ2) is 5.66. The van der Waals surface area contributed by atoms with E-state index in [-0.39, 0.29) is 11.8 Å². The number of rotatable bonds is 3. The molecule has 0 aromatic heterocycles. The summed E-state index contributed by atoms with van der Waals surface area (Å²) in [5.74, 6) is 0.132. The van der Waals surface area contributed by atoms with Gasteiger partial charge >= 0.3 is 0 Å². The Morgan fingerprint density at radius 2 is 1.67 bits per heavy atom. The molecular formula is C19H19NO. The van der Waals surface area contributed by atoms with E-state index in [1.54, 1.807) is 0 Å². The number of nitrogens with one attached hydrogen (secondary N) is 1. The van der Waals surface area contributed by atoms with Crippen molar-refractivity contribution in [1.29, 1.82) is 0 Å². The van der Waals surface area contributed by atoms with Gasteiger partial charge in [-0.25, -0.2) is 0 Å². The van der Waals surface area contributed by atoms with E-state index < -0.39 is 0 Å². The van der Waals surface area contributed by atoms with Crippen LogP contribution in [0.4, 0.5) is 0 Å². The number of Topliss-reactive ketones (excluding diaryl/α,β-unsaturated/α-hetero) is 1. The minimum Gasteiger partial charge on any atom is -0.304 e. The van der Waals surface area contributed by atoms with Crippen LogP contribution in [0.5, 0.6) is 0 Å². The summed E-state index contributed by atoms with van der Waals surface area (Å²) in [6.07, 6.45) is 2.00. The van der Waals surface area contributed by atoms with E-state index in [0.29, 0.717) is 6.04 Å². The molecule has 0 saturated carbocycles. The molecule has 0 radical (unpaired) electrons. The lowest BCUT2D eigenvalue weighted by Crippen LogP contribution is -2.28. The molecule has 1 unspecified atom stereocenters. The number of fused-ring (bicyclic) bond motifs is 1. The first kappa shape index (κ1) is 13.8. The van der Waals surface area contributed by atoms with E-state index in [1.165, 1.54) is 0 Å². The van der Waals surface area contributed by atoms with Gasteiger partial charge in [-0.05, 0) is 31.1 Å². The molecular weight excluding hydrogens is 258 g/mol. The lowest BCUT2D eigenvalue weighted by Gasteiger charge is -2.18. The number of carbonyl (C=O) groups is 1. The predicted molar refractivity (Wildman–Crippen MR) is 86.2 cm³/mol. The molecule has 0 bridgehead atoms. The molecule has 0 amide bonds. The maximum absolute atomic E-state index is 12.7. The molecule has 0 fully saturated rings. The number of benzene rings is 2. The van der Waals surface area contributed by atoms with Crippen LogP contribution in [0.3, 0.4) is 0 Å². The summed E-state index contributed by atoms with van der Waals surface area (Å²) in [7, 11) is 0. The van der Waals surface area contributed by atoms with Crippen LogP contribution in [0.2, 0.25) is 0 Å². The fourth-order valence-corrected chi connectivity index (χ4v) is 2.80. The maximum Gasteiger partial charge on any atom is 0.191 e. The van der Waals surface area contributed by atoms with Gasteiger partial charge in [0.15, 0.2) is 5.78 Å². The summed E-state index contributed by atoms with van der Waals surface area (Å²) in [4.78, 5) is 12.7. The molecule has 0 spiro atoms. The molecule has 0 aliphatic heterocycles. The van der Waals surface area contributed by atoms with Gasteiger partial charge in [0.05, 0.1) is 6.04 Å². The van der Waals surface area contributed by atoms with Crippen LogP contribution in [-0.2, 0) is 0 Å². The second-order valence-corrected chi connectivity index (χ2v) is 5.68. The number of hydrogen-bond acceptors (Lipinski definition) is 2. The van der Waals surface area contributed by atoms with Gasteiger partial charge in [0, 0.05) is 17.2 Å². The monoisotopic (exact) mass is 277 g/mol. The first-order valence-electron chi connectivity index (χ1n) is 7.33. The molecule has 0 heterocycles. The van der Waals surface area contributed by atoms with E-state index in [2.05, 4.69) is 19.2 Å². The Labute approximate surface area is 125 Å². The van der Waals surface area contributed by atoms with Crippen LogP contribution >= 0.6 is 0 Å². The fraction of sp³-hybridized carbons (Fsp3) is 0.211. The zero-order valence-corrected chi connectivity index (χ0v) is 12.3. The van der Waals surface area contributed by atoms with Crippen LogP contribution in [0.15, 0.2) is 60.2 Å². The first-order chi connectivity index (χ1) is 10.2. The van der Waals surface area contributed by atoms with Gasteiger partial charge in [0.2, 0.25) is 0 Å². The number of hydrogen-bond donors (Lipinski definition) is 1. The molecule has 1 N–H and O–H groups in total. The summed E-state index contributed by atoms with van der Waals surface area (Å²) in [6, 6.07) is 18.2. The summed E-state index contributed by atoms with van der Waals surface area (Å²) >= 11 is 0.